The molecule has 0 N–H and O–H groups in total. The number of hydrogen-bond acceptors (Lipinski definition) is 4. The van der Waals surface area contributed by atoms with Gasteiger partial charge in [0.15, 0.2) is 11.6 Å². The van der Waals surface area contributed by atoms with E-state index in [0.717, 1.165) is 63.4 Å². The average molecular weight is 571 g/mol. The average Bonchev–Trinajstić information content (AvgIpc) is 2.92. The van der Waals surface area contributed by atoms with E-state index in [2.05, 4.69) is 45.6 Å². The summed E-state index contributed by atoms with van der Waals surface area (Å²) in [7, 11) is 0. The van der Waals surface area contributed by atoms with Gasteiger partial charge in [0.25, 0.3) is 0 Å². The van der Waals surface area contributed by atoms with E-state index < -0.39 is 21.8 Å². The first-order valence-corrected chi connectivity index (χ1v) is 16.8. The van der Waals surface area contributed by atoms with Crippen LogP contribution in [0.25, 0.3) is 0 Å². The van der Waals surface area contributed by atoms with Gasteiger partial charge in [-0.15, -0.1) is 0 Å². The predicted octanol–water partition coefficient (Wildman–Crippen LogP) is 7.50. The minimum atomic E-state index is -0.663. The third-order valence-electron chi connectivity index (χ3n) is 14.9. The van der Waals surface area contributed by atoms with E-state index in [0.29, 0.717) is 5.91 Å². The first kappa shape index (κ1) is 28.5. The van der Waals surface area contributed by atoms with Crippen LogP contribution in [0.4, 0.5) is 0 Å². The Morgan fingerprint density at radius 1 is 0.857 bits per heavy atom. The second kappa shape index (κ2) is 8.28. The Labute approximate surface area is 252 Å². The minimum Gasteiger partial charge on any atom is -0.332 e. The van der Waals surface area contributed by atoms with Crippen LogP contribution in [0.1, 0.15) is 126 Å². The van der Waals surface area contributed by atoms with Gasteiger partial charge in [0, 0.05) is 16.9 Å². The van der Waals surface area contributed by atoms with Crippen LogP contribution in [-0.2, 0) is 14.4 Å². The predicted molar refractivity (Wildman–Crippen MR) is 162 cm³/mol. The Kier molecular flexibility index (Phi) is 5.62. The van der Waals surface area contributed by atoms with Crippen LogP contribution in [0.15, 0.2) is 23.3 Å². The maximum atomic E-state index is 15.0. The number of β-lactam (4-membered cyclic amide) rings is 1. The molecule has 42 heavy (non-hydrogen) atoms. The SMILES string of the molecule is CC1(C)CC[C@]23CC[C@]4(C)[C@H](C(=O)C=C5[C@@]6(C)C=C(C#N)C(=O)C(C)(C)[C@@H]6CC[C@]54C)[C@@]2(C1)N(C1CCCCC1)C3=O. The number of likely N-dealkylation sites (tertiary alicyclic amines) is 1. The van der Waals surface area contributed by atoms with Crippen LogP contribution in [0.2, 0.25) is 0 Å². The molecule has 0 spiro atoms. The van der Waals surface area contributed by atoms with Gasteiger partial charge in [-0.25, -0.2) is 0 Å². The normalized spacial score (nSPS) is 47.4. The van der Waals surface area contributed by atoms with Gasteiger partial charge in [-0.1, -0.05) is 79.4 Å². The lowest BCUT2D eigenvalue weighted by Gasteiger charge is -2.80. The fourth-order valence-corrected chi connectivity index (χ4v) is 12.8. The van der Waals surface area contributed by atoms with Gasteiger partial charge in [0.05, 0.1) is 22.4 Å². The van der Waals surface area contributed by atoms with Crippen molar-refractivity contribution >= 4 is 17.5 Å². The Morgan fingerprint density at radius 2 is 1.52 bits per heavy atom. The Hall–Kier alpha value is -2.22. The molecular formula is C37H50N2O3. The summed E-state index contributed by atoms with van der Waals surface area (Å²) in [5.41, 5.74) is -1.14. The van der Waals surface area contributed by atoms with Crippen molar-refractivity contribution in [3.05, 3.63) is 23.3 Å². The number of hydrogen-bond donors (Lipinski definition) is 0. The molecule has 1 saturated heterocycles. The summed E-state index contributed by atoms with van der Waals surface area (Å²) in [6.45, 7) is 15.7. The number of carbonyl (C=O) groups is 3. The molecule has 0 aromatic heterocycles. The molecule has 6 aliphatic carbocycles. The number of amides is 1. The van der Waals surface area contributed by atoms with Crippen molar-refractivity contribution in [2.45, 2.75) is 137 Å². The number of allylic oxidation sites excluding steroid dienone is 4. The highest BCUT2D eigenvalue weighted by molar-refractivity contribution is 6.05. The number of nitriles is 1. The van der Waals surface area contributed by atoms with E-state index >= 15 is 4.79 Å². The molecule has 5 nitrogen and oxygen atoms in total. The lowest BCUT2D eigenvalue weighted by atomic mass is 9.30. The van der Waals surface area contributed by atoms with Crippen LogP contribution in [0.3, 0.4) is 0 Å². The van der Waals surface area contributed by atoms with Crippen molar-refractivity contribution in [2.24, 2.45) is 44.3 Å². The zero-order valence-corrected chi connectivity index (χ0v) is 27.0. The topological polar surface area (TPSA) is 78.2 Å². The quantitative estimate of drug-likeness (QED) is 0.306. The second-order valence-corrected chi connectivity index (χ2v) is 17.6. The third-order valence-corrected chi connectivity index (χ3v) is 14.9. The maximum absolute atomic E-state index is 15.0. The monoisotopic (exact) mass is 570 g/mol. The molecule has 5 heteroatoms. The Balaban J connectivity index is 1.44. The molecule has 1 heterocycles. The maximum Gasteiger partial charge on any atom is 0.231 e. The lowest BCUT2D eigenvalue weighted by molar-refractivity contribution is -0.275. The molecule has 1 amide bonds. The molecule has 0 unspecified atom stereocenters. The molecule has 0 radical (unpaired) electrons. The summed E-state index contributed by atoms with van der Waals surface area (Å²) in [6.07, 6.45) is 16.0. The summed E-state index contributed by atoms with van der Waals surface area (Å²) in [6, 6.07) is 2.47. The smallest absolute Gasteiger partial charge is 0.231 e. The third kappa shape index (κ3) is 2.99. The Morgan fingerprint density at radius 3 is 2.19 bits per heavy atom. The molecule has 4 saturated carbocycles. The van der Waals surface area contributed by atoms with E-state index in [-0.39, 0.29) is 51.3 Å². The molecule has 7 rings (SSSR count). The highest BCUT2D eigenvalue weighted by Crippen LogP contribution is 2.79. The van der Waals surface area contributed by atoms with Gasteiger partial charge in [0.2, 0.25) is 5.91 Å². The van der Waals surface area contributed by atoms with Gasteiger partial charge in [-0.3, -0.25) is 14.4 Å². The first-order valence-electron chi connectivity index (χ1n) is 16.8. The van der Waals surface area contributed by atoms with E-state index in [1.807, 2.05) is 26.0 Å². The fourth-order valence-electron chi connectivity index (χ4n) is 12.8. The van der Waals surface area contributed by atoms with Crippen LogP contribution in [0.5, 0.6) is 0 Å². The highest BCUT2D eigenvalue weighted by atomic mass is 16.2. The zero-order valence-electron chi connectivity index (χ0n) is 27.0. The van der Waals surface area contributed by atoms with Crippen LogP contribution in [-0.4, -0.2) is 34.0 Å². The molecule has 0 bridgehead atoms. The standard InChI is InChI=1S/C37H50N2O3/c1-31(2)15-17-36-18-16-35(7)28(37(36,22-31)39(30(36)42)24-11-9-8-10-12-24)25(40)19-27-33(5)20-23(21-38)29(41)32(3,4)26(33)13-14-34(27,35)6/h19-20,24,26,28H,8-18,22H2,1-7H3/t26-,28-,33-,34+,35+,36+,37+/m0/s1. The summed E-state index contributed by atoms with van der Waals surface area (Å²) < 4.78 is 0. The molecule has 5 fully saturated rings. The lowest BCUT2D eigenvalue weighted by Crippen LogP contribution is -2.88. The Bertz CT molecular complexity index is 1410. The number of carbonyl (C=O) groups excluding carboxylic acids is 3. The number of rotatable bonds is 1. The van der Waals surface area contributed by atoms with Crippen molar-refractivity contribution in [1.29, 1.82) is 5.26 Å². The summed E-state index contributed by atoms with van der Waals surface area (Å²) in [5, 5.41) is 10.0. The first-order chi connectivity index (χ1) is 19.6. The van der Waals surface area contributed by atoms with Crippen molar-refractivity contribution in [3.63, 3.8) is 0 Å². The molecule has 7 atom stereocenters. The number of ketones is 2. The van der Waals surface area contributed by atoms with Crippen LogP contribution >= 0.6 is 0 Å². The van der Waals surface area contributed by atoms with Crippen molar-refractivity contribution in [2.75, 3.05) is 0 Å². The van der Waals surface area contributed by atoms with E-state index in [4.69, 9.17) is 0 Å². The minimum absolute atomic E-state index is 0.0420. The van der Waals surface area contributed by atoms with E-state index in [9.17, 15) is 14.9 Å². The molecule has 0 aromatic carbocycles. The van der Waals surface area contributed by atoms with Gasteiger partial charge in [0.1, 0.15) is 6.07 Å². The fraction of sp³-hybridized carbons (Fsp3) is 0.784. The van der Waals surface area contributed by atoms with E-state index in [1.165, 1.54) is 19.3 Å². The molecule has 7 aliphatic rings. The van der Waals surface area contributed by atoms with Crippen LogP contribution < -0.4 is 0 Å². The summed E-state index contributed by atoms with van der Waals surface area (Å²) >= 11 is 0. The molecule has 1 aliphatic heterocycles. The van der Waals surface area contributed by atoms with Crippen LogP contribution in [0, 0.1) is 55.7 Å². The van der Waals surface area contributed by atoms with Gasteiger partial charge < -0.3 is 4.90 Å². The van der Waals surface area contributed by atoms with Gasteiger partial charge in [-0.2, -0.15) is 5.26 Å². The molecule has 0 aromatic rings. The van der Waals surface area contributed by atoms with Gasteiger partial charge in [-0.05, 0) is 86.0 Å². The molecular weight excluding hydrogens is 520 g/mol. The molecule has 226 valence electrons. The number of nitrogens with zero attached hydrogens (tertiary/aromatic N) is 2. The summed E-state index contributed by atoms with van der Waals surface area (Å²) in [4.78, 5) is 45.2. The van der Waals surface area contributed by atoms with E-state index in [1.54, 1.807) is 0 Å². The van der Waals surface area contributed by atoms with Crippen molar-refractivity contribution < 1.29 is 14.4 Å². The van der Waals surface area contributed by atoms with Crippen molar-refractivity contribution in [3.8, 4) is 6.07 Å². The summed E-state index contributed by atoms with van der Waals surface area (Å²) in [5.74, 6) is 0.308. The largest absolute Gasteiger partial charge is 0.332 e. The zero-order chi connectivity index (χ0) is 30.3. The highest BCUT2D eigenvalue weighted by Gasteiger charge is 2.83. The van der Waals surface area contributed by atoms with Crippen molar-refractivity contribution in [1.82, 2.24) is 4.90 Å². The second-order valence-electron chi connectivity index (χ2n) is 17.6. The van der Waals surface area contributed by atoms with Gasteiger partial charge >= 0.3 is 0 Å². The number of fused-ring (bicyclic) bond motifs is 5. The number of Topliss-reactive ketones (excluding diaryl/α,β-unsaturated/α-hetero) is 1.